The lowest BCUT2D eigenvalue weighted by Gasteiger charge is -2.10. The normalized spacial score (nSPS) is 11.9. The summed E-state index contributed by atoms with van der Waals surface area (Å²) < 4.78 is 0. The summed E-state index contributed by atoms with van der Waals surface area (Å²) in [6.07, 6.45) is 3.29. The lowest BCUT2D eigenvalue weighted by Crippen LogP contribution is -2.11. The van der Waals surface area contributed by atoms with E-state index in [2.05, 4.69) is 6.92 Å². The number of hydrogen-bond donors (Lipinski definition) is 0. The van der Waals surface area contributed by atoms with Gasteiger partial charge >= 0.3 is 0 Å². The number of unbranched alkanes of at least 4 members (excludes halogenated alkanes) is 2. The molecule has 1 aromatic rings. The quantitative estimate of drug-likeness (QED) is 0.707. The molecule has 0 bridgehead atoms. The van der Waals surface area contributed by atoms with Crippen molar-refractivity contribution in [3.63, 3.8) is 0 Å². The van der Waals surface area contributed by atoms with Crippen molar-refractivity contribution in [1.82, 2.24) is 0 Å². The van der Waals surface area contributed by atoms with Gasteiger partial charge in [0.15, 0.2) is 5.78 Å². The van der Waals surface area contributed by atoms with E-state index in [1.807, 2.05) is 6.07 Å². The highest BCUT2D eigenvalue weighted by molar-refractivity contribution is 6.35. The van der Waals surface area contributed by atoms with E-state index in [1.54, 1.807) is 18.2 Å². The van der Waals surface area contributed by atoms with Crippen LogP contribution in [0.25, 0.3) is 0 Å². The number of hydrogen-bond acceptors (Lipinski definition) is 2. The van der Waals surface area contributed by atoms with Crippen LogP contribution in [0.5, 0.6) is 0 Å². The Balaban J connectivity index is 2.83. The van der Waals surface area contributed by atoms with Crippen LogP contribution in [0.3, 0.4) is 0 Å². The summed E-state index contributed by atoms with van der Waals surface area (Å²) in [7, 11) is 0. The van der Waals surface area contributed by atoms with Gasteiger partial charge in [-0.25, -0.2) is 0 Å². The summed E-state index contributed by atoms with van der Waals surface area (Å²) in [6.45, 7) is 2.07. The lowest BCUT2D eigenvalue weighted by atomic mass is 9.93. The van der Waals surface area contributed by atoms with Crippen LogP contribution in [-0.4, -0.2) is 5.78 Å². The first-order valence-corrected chi connectivity index (χ1v) is 6.73. The first-order valence-electron chi connectivity index (χ1n) is 5.97. The van der Waals surface area contributed by atoms with Crippen molar-refractivity contribution in [2.45, 2.75) is 38.5 Å². The second-order valence-electron chi connectivity index (χ2n) is 4.15. The van der Waals surface area contributed by atoms with E-state index in [4.69, 9.17) is 28.5 Å². The zero-order valence-corrected chi connectivity index (χ0v) is 11.8. The van der Waals surface area contributed by atoms with Gasteiger partial charge < -0.3 is 0 Å². The van der Waals surface area contributed by atoms with Crippen molar-refractivity contribution in [3.05, 3.63) is 33.8 Å². The fourth-order valence-corrected chi connectivity index (χ4v) is 2.26. The number of carbonyl (C=O) groups is 1. The van der Waals surface area contributed by atoms with Gasteiger partial charge in [0, 0.05) is 16.5 Å². The second-order valence-corrected chi connectivity index (χ2v) is 5.00. The molecule has 0 aliphatic heterocycles. The van der Waals surface area contributed by atoms with Gasteiger partial charge in [-0.1, -0.05) is 49.0 Å². The molecule has 1 aromatic carbocycles. The molecule has 0 radical (unpaired) electrons. The predicted octanol–water partition coefficient (Wildman–Crippen LogP) is 4.75. The van der Waals surface area contributed by atoms with Crippen LogP contribution in [0.1, 0.15) is 44.1 Å². The molecule has 0 fully saturated rings. The van der Waals surface area contributed by atoms with Gasteiger partial charge in [0.2, 0.25) is 0 Å². The van der Waals surface area contributed by atoms with Crippen molar-refractivity contribution in [2.24, 2.45) is 0 Å². The highest BCUT2D eigenvalue weighted by atomic mass is 35.5. The Morgan fingerprint density at radius 1 is 1.39 bits per heavy atom. The lowest BCUT2D eigenvalue weighted by molar-refractivity contribution is -0.119. The van der Waals surface area contributed by atoms with Gasteiger partial charge in [-0.05, 0) is 24.1 Å². The Hall–Kier alpha value is -1.04. The zero-order chi connectivity index (χ0) is 13.5. The maximum atomic E-state index is 12.0. The summed E-state index contributed by atoms with van der Waals surface area (Å²) in [5.74, 6) is -0.859. The van der Waals surface area contributed by atoms with Crippen LogP contribution >= 0.6 is 23.2 Å². The van der Waals surface area contributed by atoms with Crippen LogP contribution < -0.4 is 0 Å². The number of Topliss-reactive ketones (excluding diaryl/α,β-unsaturated/α-hetero) is 1. The molecule has 0 aliphatic carbocycles. The molecule has 0 amide bonds. The summed E-state index contributed by atoms with van der Waals surface area (Å²) >= 11 is 11.8. The minimum atomic E-state index is -0.786. The van der Waals surface area contributed by atoms with Gasteiger partial charge in [0.05, 0.1) is 6.07 Å². The summed E-state index contributed by atoms with van der Waals surface area (Å²) in [4.78, 5) is 12.0. The van der Waals surface area contributed by atoms with Crippen LogP contribution in [0.15, 0.2) is 18.2 Å². The first-order chi connectivity index (χ1) is 8.60. The topological polar surface area (TPSA) is 40.9 Å². The fraction of sp³-hybridized carbons (Fsp3) is 0.429. The Bertz CT molecular complexity index is 465. The van der Waals surface area contributed by atoms with Gasteiger partial charge in [-0.3, -0.25) is 4.79 Å². The third-order valence-electron chi connectivity index (χ3n) is 2.75. The number of rotatable bonds is 6. The third kappa shape index (κ3) is 4.01. The molecule has 18 heavy (non-hydrogen) atoms. The van der Waals surface area contributed by atoms with Crippen LogP contribution in [0.2, 0.25) is 10.0 Å². The number of carbonyl (C=O) groups excluding carboxylic acids is 1. The van der Waals surface area contributed by atoms with Crippen molar-refractivity contribution < 1.29 is 4.79 Å². The average molecular weight is 284 g/mol. The van der Waals surface area contributed by atoms with Crippen molar-refractivity contribution in [1.29, 1.82) is 5.26 Å². The zero-order valence-electron chi connectivity index (χ0n) is 10.2. The maximum absolute atomic E-state index is 12.0. The molecule has 0 N–H and O–H groups in total. The Morgan fingerprint density at radius 2 is 2.11 bits per heavy atom. The van der Waals surface area contributed by atoms with E-state index in [0.717, 1.165) is 19.3 Å². The number of nitrogens with zero attached hydrogens (tertiary/aromatic N) is 1. The second kappa shape index (κ2) is 7.41. The monoisotopic (exact) mass is 283 g/mol. The predicted molar refractivity (Wildman–Crippen MR) is 74.0 cm³/mol. The third-order valence-corrected chi connectivity index (χ3v) is 3.31. The summed E-state index contributed by atoms with van der Waals surface area (Å²) in [5, 5.41) is 10.0. The van der Waals surface area contributed by atoms with E-state index in [9.17, 15) is 4.79 Å². The molecule has 1 rings (SSSR count). The van der Waals surface area contributed by atoms with Crippen LogP contribution in [0, 0.1) is 11.3 Å². The van der Waals surface area contributed by atoms with Gasteiger partial charge in [0.1, 0.15) is 5.92 Å². The SMILES string of the molecule is CCCCCC(=O)C(C#N)c1ccc(Cl)cc1Cl. The standard InChI is InChI=1S/C14H15Cl2NO/c1-2-3-4-5-14(18)12(9-17)11-7-6-10(15)8-13(11)16/h6-8,12H,2-5H2,1H3. The molecular formula is C14H15Cl2NO. The highest BCUT2D eigenvalue weighted by Crippen LogP contribution is 2.29. The molecule has 0 spiro atoms. The van der Waals surface area contributed by atoms with Gasteiger partial charge in [0.25, 0.3) is 0 Å². The molecule has 0 aromatic heterocycles. The molecule has 1 atom stereocenters. The van der Waals surface area contributed by atoms with E-state index >= 15 is 0 Å². The average Bonchev–Trinajstić information content (AvgIpc) is 2.33. The minimum Gasteiger partial charge on any atom is -0.298 e. The van der Waals surface area contributed by atoms with Crippen LogP contribution in [-0.2, 0) is 4.79 Å². The minimum absolute atomic E-state index is 0.0739. The van der Waals surface area contributed by atoms with E-state index in [0.29, 0.717) is 22.0 Å². The van der Waals surface area contributed by atoms with E-state index < -0.39 is 5.92 Å². The molecule has 96 valence electrons. The molecule has 0 heterocycles. The van der Waals surface area contributed by atoms with Gasteiger partial charge in [-0.15, -0.1) is 0 Å². The Kier molecular flexibility index (Phi) is 6.18. The number of benzene rings is 1. The molecule has 2 nitrogen and oxygen atoms in total. The molecule has 4 heteroatoms. The number of halogens is 2. The number of ketones is 1. The molecule has 1 unspecified atom stereocenters. The highest BCUT2D eigenvalue weighted by Gasteiger charge is 2.21. The maximum Gasteiger partial charge on any atom is 0.154 e. The first kappa shape index (κ1) is 15.0. The molecule has 0 saturated carbocycles. The van der Waals surface area contributed by atoms with E-state index in [1.165, 1.54) is 0 Å². The van der Waals surface area contributed by atoms with Crippen LogP contribution in [0.4, 0.5) is 0 Å². The molecule has 0 aliphatic rings. The van der Waals surface area contributed by atoms with E-state index in [-0.39, 0.29) is 5.78 Å². The Labute approximate surface area is 118 Å². The van der Waals surface area contributed by atoms with Crippen molar-refractivity contribution >= 4 is 29.0 Å². The number of nitriles is 1. The molecular weight excluding hydrogens is 269 g/mol. The van der Waals surface area contributed by atoms with Crippen molar-refractivity contribution in [2.75, 3.05) is 0 Å². The molecule has 0 saturated heterocycles. The Morgan fingerprint density at radius 3 is 2.67 bits per heavy atom. The van der Waals surface area contributed by atoms with Gasteiger partial charge in [-0.2, -0.15) is 5.26 Å². The largest absolute Gasteiger partial charge is 0.298 e. The van der Waals surface area contributed by atoms with Crippen molar-refractivity contribution in [3.8, 4) is 6.07 Å². The summed E-state index contributed by atoms with van der Waals surface area (Å²) in [5.41, 5.74) is 0.546. The fourth-order valence-electron chi connectivity index (χ4n) is 1.74. The summed E-state index contributed by atoms with van der Waals surface area (Å²) in [6, 6.07) is 6.88. The smallest absolute Gasteiger partial charge is 0.154 e.